The fourth-order valence-corrected chi connectivity index (χ4v) is 1.97. The summed E-state index contributed by atoms with van der Waals surface area (Å²) in [6.45, 7) is 0.905. The van der Waals surface area contributed by atoms with Crippen molar-refractivity contribution in [1.29, 1.82) is 5.26 Å². The summed E-state index contributed by atoms with van der Waals surface area (Å²) in [7, 11) is 0. The minimum Gasteiger partial charge on any atom is -0.394 e. The second kappa shape index (κ2) is 6.74. The number of hydrogen-bond acceptors (Lipinski definition) is 3. The van der Waals surface area contributed by atoms with Crippen molar-refractivity contribution in [1.82, 2.24) is 0 Å². The monoisotopic (exact) mass is 269 g/mol. The number of nitriles is 1. The zero-order valence-electron chi connectivity index (χ0n) is 9.98. The summed E-state index contributed by atoms with van der Waals surface area (Å²) in [5, 5.41) is 27.0. The lowest BCUT2D eigenvalue weighted by atomic mass is 9.50. The van der Waals surface area contributed by atoms with Crippen LogP contribution in [0.4, 0.5) is 4.39 Å². The molecule has 0 aliphatic carbocycles. The van der Waals surface area contributed by atoms with E-state index in [1.165, 1.54) is 12.1 Å². The largest absolute Gasteiger partial charge is 0.394 e. The summed E-state index contributed by atoms with van der Waals surface area (Å²) in [5.74, 6) is 1.40. The van der Waals surface area contributed by atoms with E-state index in [1.807, 2.05) is 5.97 Å². The SMILES string of the molecule is CB(C#N)CC(O)c1c(F)cccc1C(Cl)CO. The molecule has 1 aromatic carbocycles. The van der Waals surface area contributed by atoms with E-state index in [2.05, 4.69) is 0 Å². The van der Waals surface area contributed by atoms with Crippen LogP contribution in [0, 0.1) is 17.0 Å². The highest BCUT2D eigenvalue weighted by Crippen LogP contribution is 2.32. The molecule has 1 aromatic rings. The van der Waals surface area contributed by atoms with Gasteiger partial charge in [-0.1, -0.05) is 19.0 Å². The Labute approximate surface area is 111 Å². The molecule has 0 fully saturated rings. The molecule has 0 heterocycles. The number of nitrogens with zero attached hydrogens (tertiary/aromatic N) is 1. The number of aliphatic hydroxyl groups is 2. The predicted octanol–water partition coefficient (Wildman–Crippen LogP) is 2.32. The van der Waals surface area contributed by atoms with Crippen LogP contribution in [0.15, 0.2) is 18.2 Å². The standard InChI is InChI=1S/C12H14BClFNO2/c1-13(7-16)5-11(18)12-8(9(14)6-17)3-2-4-10(12)15/h2-4,9,11,17-18H,5-6H2,1H3. The van der Waals surface area contributed by atoms with Gasteiger partial charge in [0, 0.05) is 11.5 Å². The first-order valence-electron chi connectivity index (χ1n) is 5.62. The minimum absolute atomic E-state index is 0.0636. The summed E-state index contributed by atoms with van der Waals surface area (Å²) >= 11 is 5.89. The van der Waals surface area contributed by atoms with Crippen molar-refractivity contribution >= 4 is 18.3 Å². The van der Waals surface area contributed by atoms with Crippen LogP contribution in [0.1, 0.15) is 22.6 Å². The Morgan fingerprint density at radius 3 is 2.78 bits per heavy atom. The average Bonchev–Trinajstić information content (AvgIpc) is 2.36. The fraction of sp³-hybridized carbons (Fsp3) is 0.417. The van der Waals surface area contributed by atoms with Crippen LogP contribution in [0.2, 0.25) is 13.1 Å². The van der Waals surface area contributed by atoms with Crippen molar-refractivity contribution in [2.75, 3.05) is 6.61 Å². The molecule has 0 radical (unpaired) electrons. The molecule has 18 heavy (non-hydrogen) atoms. The summed E-state index contributed by atoms with van der Waals surface area (Å²) < 4.78 is 13.8. The third kappa shape index (κ3) is 3.45. The van der Waals surface area contributed by atoms with Gasteiger partial charge in [0.25, 0.3) is 6.71 Å². The predicted molar refractivity (Wildman–Crippen MR) is 69.1 cm³/mol. The number of benzene rings is 1. The number of hydrogen-bond donors (Lipinski definition) is 2. The van der Waals surface area contributed by atoms with Crippen molar-refractivity contribution in [2.24, 2.45) is 0 Å². The summed E-state index contributed by atoms with van der Waals surface area (Å²) in [5.41, 5.74) is 0.422. The number of rotatable bonds is 5. The van der Waals surface area contributed by atoms with E-state index in [4.69, 9.17) is 22.0 Å². The lowest BCUT2D eigenvalue weighted by molar-refractivity contribution is 0.191. The van der Waals surface area contributed by atoms with Crippen LogP contribution in [0.5, 0.6) is 0 Å². The molecule has 0 saturated heterocycles. The van der Waals surface area contributed by atoms with Gasteiger partial charge in [0.1, 0.15) is 5.82 Å². The minimum atomic E-state index is -1.11. The Morgan fingerprint density at radius 2 is 2.22 bits per heavy atom. The molecule has 2 N–H and O–H groups in total. The van der Waals surface area contributed by atoms with Gasteiger partial charge >= 0.3 is 0 Å². The second-order valence-corrected chi connectivity index (χ2v) is 4.70. The molecule has 6 heteroatoms. The van der Waals surface area contributed by atoms with Crippen molar-refractivity contribution in [3.05, 3.63) is 35.1 Å². The molecule has 0 amide bonds. The molecular formula is C12H14BClFNO2. The van der Waals surface area contributed by atoms with Gasteiger partial charge in [0.15, 0.2) is 0 Å². The van der Waals surface area contributed by atoms with Crippen molar-refractivity contribution in [2.45, 2.75) is 24.6 Å². The van der Waals surface area contributed by atoms with Gasteiger partial charge < -0.3 is 10.2 Å². The third-order valence-electron chi connectivity index (χ3n) is 2.71. The first kappa shape index (κ1) is 15.0. The molecule has 0 spiro atoms. The first-order chi connectivity index (χ1) is 8.51. The molecule has 96 valence electrons. The van der Waals surface area contributed by atoms with Gasteiger partial charge in [-0.2, -0.15) is 0 Å². The van der Waals surface area contributed by atoms with E-state index >= 15 is 0 Å². The number of alkyl halides is 1. The summed E-state index contributed by atoms with van der Waals surface area (Å²) in [6.07, 6.45) is -0.983. The summed E-state index contributed by atoms with van der Waals surface area (Å²) in [4.78, 5) is 0. The van der Waals surface area contributed by atoms with Crippen LogP contribution < -0.4 is 0 Å². The van der Waals surface area contributed by atoms with E-state index in [9.17, 15) is 9.50 Å². The maximum atomic E-state index is 13.8. The Balaban J connectivity index is 3.10. The lowest BCUT2D eigenvalue weighted by Crippen LogP contribution is -2.14. The van der Waals surface area contributed by atoms with Crippen molar-refractivity contribution < 1.29 is 14.6 Å². The quantitative estimate of drug-likeness (QED) is 0.637. The topological polar surface area (TPSA) is 64.2 Å². The van der Waals surface area contributed by atoms with Crippen molar-refractivity contribution in [3.8, 4) is 5.97 Å². The van der Waals surface area contributed by atoms with E-state index in [0.29, 0.717) is 5.56 Å². The molecular weight excluding hydrogens is 255 g/mol. The van der Waals surface area contributed by atoms with Gasteiger partial charge in [-0.15, -0.1) is 11.6 Å². The van der Waals surface area contributed by atoms with Crippen LogP contribution in [-0.2, 0) is 0 Å². The van der Waals surface area contributed by atoms with E-state index in [1.54, 1.807) is 12.9 Å². The highest BCUT2D eigenvalue weighted by atomic mass is 35.5. The average molecular weight is 270 g/mol. The van der Waals surface area contributed by atoms with Gasteiger partial charge in [0.05, 0.1) is 18.1 Å². The Hall–Kier alpha value is -1.09. The van der Waals surface area contributed by atoms with Crippen LogP contribution in [0.3, 0.4) is 0 Å². The molecule has 0 aliphatic heterocycles. The molecule has 2 unspecified atom stereocenters. The molecule has 0 aromatic heterocycles. The molecule has 1 rings (SSSR count). The smallest absolute Gasteiger partial charge is 0.267 e. The Kier molecular flexibility index (Phi) is 5.61. The van der Waals surface area contributed by atoms with Crippen molar-refractivity contribution in [3.63, 3.8) is 0 Å². The molecule has 2 atom stereocenters. The zero-order chi connectivity index (χ0) is 13.7. The normalized spacial score (nSPS) is 13.8. The molecule has 0 aliphatic rings. The van der Waals surface area contributed by atoms with Crippen LogP contribution >= 0.6 is 11.6 Å². The molecule has 3 nitrogen and oxygen atoms in total. The Bertz CT molecular complexity index is 452. The van der Waals surface area contributed by atoms with Gasteiger partial charge in [-0.05, 0) is 17.9 Å². The maximum absolute atomic E-state index is 13.8. The van der Waals surface area contributed by atoms with Gasteiger partial charge in [-0.3, -0.25) is 0 Å². The first-order valence-corrected chi connectivity index (χ1v) is 6.05. The van der Waals surface area contributed by atoms with E-state index in [0.717, 1.165) is 0 Å². The van der Waals surface area contributed by atoms with Crippen LogP contribution in [-0.4, -0.2) is 23.5 Å². The summed E-state index contributed by atoms with van der Waals surface area (Å²) in [6, 6.07) is 4.26. The third-order valence-corrected chi connectivity index (χ3v) is 3.09. The maximum Gasteiger partial charge on any atom is 0.267 e. The molecule has 0 saturated carbocycles. The Morgan fingerprint density at radius 1 is 1.56 bits per heavy atom. The fourth-order valence-electron chi connectivity index (χ4n) is 1.78. The number of aliphatic hydroxyl groups excluding tert-OH is 2. The second-order valence-electron chi connectivity index (χ2n) is 4.17. The highest BCUT2D eigenvalue weighted by molar-refractivity contribution is 6.65. The van der Waals surface area contributed by atoms with E-state index in [-0.39, 0.29) is 18.5 Å². The number of halogens is 2. The lowest BCUT2D eigenvalue weighted by Gasteiger charge is -2.18. The zero-order valence-corrected chi connectivity index (χ0v) is 10.7. The molecule has 0 bridgehead atoms. The highest BCUT2D eigenvalue weighted by Gasteiger charge is 2.23. The van der Waals surface area contributed by atoms with E-state index < -0.39 is 24.0 Å². The van der Waals surface area contributed by atoms with Gasteiger partial charge in [0.2, 0.25) is 0 Å². The van der Waals surface area contributed by atoms with Crippen LogP contribution in [0.25, 0.3) is 0 Å². The van der Waals surface area contributed by atoms with Gasteiger partial charge in [-0.25, -0.2) is 9.65 Å².